The van der Waals surface area contributed by atoms with Crippen LogP contribution in [0.4, 0.5) is 11.5 Å². The Kier molecular flexibility index (Phi) is 4.61. The highest BCUT2D eigenvalue weighted by Crippen LogP contribution is 2.23. The third-order valence-corrected chi connectivity index (χ3v) is 3.00. The topological polar surface area (TPSA) is 84.0 Å². The lowest BCUT2D eigenvalue weighted by molar-refractivity contribution is 0.318. The van der Waals surface area contributed by atoms with Crippen LogP contribution in [0, 0.1) is 0 Å². The van der Waals surface area contributed by atoms with Crippen molar-refractivity contribution >= 4 is 17.3 Å². The van der Waals surface area contributed by atoms with E-state index in [9.17, 15) is 0 Å². The molecule has 0 atom stereocenters. The summed E-state index contributed by atoms with van der Waals surface area (Å²) in [5.41, 5.74) is 7.14. The lowest BCUT2D eigenvalue weighted by atomic mass is 10.2. The zero-order valence-corrected chi connectivity index (χ0v) is 12.0. The van der Waals surface area contributed by atoms with Gasteiger partial charge in [0.05, 0.1) is 6.61 Å². The van der Waals surface area contributed by atoms with Gasteiger partial charge in [-0.3, -0.25) is 0 Å². The number of amidine groups is 1. The first-order valence-electron chi connectivity index (χ1n) is 6.57. The summed E-state index contributed by atoms with van der Waals surface area (Å²) < 4.78 is 5.40. The Balaban J connectivity index is 2.23. The van der Waals surface area contributed by atoms with Gasteiger partial charge in [-0.2, -0.15) is 4.98 Å². The molecule has 0 aliphatic heterocycles. The van der Waals surface area contributed by atoms with Gasteiger partial charge in [0, 0.05) is 24.4 Å². The van der Waals surface area contributed by atoms with E-state index in [1.807, 2.05) is 49.2 Å². The summed E-state index contributed by atoms with van der Waals surface area (Å²) in [5, 5.41) is 11.6. The summed E-state index contributed by atoms with van der Waals surface area (Å²) in [6.07, 6.45) is 0. The van der Waals surface area contributed by atoms with Crippen molar-refractivity contribution in [1.29, 1.82) is 0 Å². The average Bonchev–Trinajstić information content (AvgIpc) is 2.54. The quantitative estimate of drug-likeness (QED) is 0.381. The molecule has 0 saturated heterocycles. The summed E-state index contributed by atoms with van der Waals surface area (Å²) in [6, 6.07) is 12.9. The van der Waals surface area contributed by atoms with Crippen LogP contribution < -0.4 is 15.4 Å². The Morgan fingerprint density at radius 3 is 2.62 bits per heavy atom. The van der Waals surface area contributed by atoms with Crippen LogP contribution in [-0.2, 0) is 0 Å². The average molecular weight is 286 g/mol. The van der Waals surface area contributed by atoms with Gasteiger partial charge >= 0.3 is 0 Å². The largest absolute Gasteiger partial charge is 0.478 e. The van der Waals surface area contributed by atoms with Crippen molar-refractivity contribution < 1.29 is 9.94 Å². The summed E-state index contributed by atoms with van der Waals surface area (Å²) in [4.78, 5) is 6.36. The summed E-state index contributed by atoms with van der Waals surface area (Å²) >= 11 is 0. The second-order valence-electron chi connectivity index (χ2n) is 4.36. The minimum Gasteiger partial charge on any atom is -0.478 e. The number of oxime groups is 1. The molecule has 0 bridgehead atoms. The van der Waals surface area contributed by atoms with Crippen molar-refractivity contribution in [3.8, 4) is 5.88 Å². The minimum atomic E-state index is 0.0840. The lowest BCUT2D eigenvalue weighted by Crippen LogP contribution is -2.14. The van der Waals surface area contributed by atoms with E-state index in [2.05, 4.69) is 10.1 Å². The van der Waals surface area contributed by atoms with Gasteiger partial charge in [-0.15, -0.1) is 0 Å². The highest BCUT2D eigenvalue weighted by molar-refractivity contribution is 5.97. The van der Waals surface area contributed by atoms with Crippen molar-refractivity contribution in [3.05, 3.63) is 48.0 Å². The number of hydrogen-bond acceptors (Lipinski definition) is 5. The second kappa shape index (κ2) is 6.60. The van der Waals surface area contributed by atoms with Crippen molar-refractivity contribution in [2.75, 3.05) is 18.6 Å². The molecular formula is C15H18N4O2. The van der Waals surface area contributed by atoms with Crippen LogP contribution in [0.3, 0.4) is 0 Å². The van der Waals surface area contributed by atoms with E-state index < -0.39 is 0 Å². The second-order valence-corrected chi connectivity index (χ2v) is 4.36. The molecule has 21 heavy (non-hydrogen) atoms. The smallest absolute Gasteiger partial charge is 0.215 e. The molecule has 0 unspecified atom stereocenters. The van der Waals surface area contributed by atoms with Crippen molar-refractivity contribution in [1.82, 2.24) is 4.98 Å². The van der Waals surface area contributed by atoms with E-state index in [0.29, 0.717) is 18.1 Å². The molecule has 0 aliphatic rings. The number of rotatable bonds is 5. The van der Waals surface area contributed by atoms with Crippen LogP contribution in [0.15, 0.2) is 47.6 Å². The van der Waals surface area contributed by atoms with Crippen molar-refractivity contribution in [2.24, 2.45) is 10.9 Å². The van der Waals surface area contributed by atoms with E-state index in [4.69, 9.17) is 15.7 Å². The van der Waals surface area contributed by atoms with E-state index in [1.165, 1.54) is 0 Å². The maximum absolute atomic E-state index is 8.65. The molecular weight excluding hydrogens is 268 g/mol. The van der Waals surface area contributed by atoms with Gasteiger partial charge in [0.15, 0.2) is 5.84 Å². The van der Waals surface area contributed by atoms with Crippen LogP contribution in [0.5, 0.6) is 5.88 Å². The first-order chi connectivity index (χ1) is 10.2. The predicted octanol–water partition coefficient (Wildman–Crippen LogP) is 2.34. The van der Waals surface area contributed by atoms with Gasteiger partial charge in [0.1, 0.15) is 5.82 Å². The van der Waals surface area contributed by atoms with Crippen LogP contribution >= 0.6 is 0 Å². The molecule has 1 aromatic carbocycles. The Morgan fingerprint density at radius 2 is 2.00 bits per heavy atom. The number of nitrogens with two attached hydrogens (primary N) is 1. The molecule has 0 amide bonds. The highest BCUT2D eigenvalue weighted by atomic mass is 16.5. The normalized spacial score (nSPS) is 11.2. The van der Waals surface area contributed by atoms with E-state index in [0.717, 1.165) is 11.5 Å². The number of nitrogens with zero attached hydrogens (tertiary/aromatic N) is 3. The van der Waals surface area contributed by atoms with E-state index >= 15 is 0 Å². The summed E-state index contributed by atoms with van der Waals surface area (Å²) in [7, 11) is 1.91. The zero-order chi connectivity index (χ0) is 15.2. The fourth-order valence-electron chi connectivity index (χ4n) is 1.86. The lowest BCUT2D eigenvalue weighted by Gasteiger charge is -2.19. The van der Waals surface area contributed by atoms with Gasteiger partial charge in [-0.05, 0) is 37.3 Å². The fraction of sp³-hybridized carbons (Fsp3) is 0.200. The molecule has 0 aliphatic carbocycles. The Hall–Kier alpha value is -2.76. The molecule has 6 nitrogen and oxygen atoms in total. The third kappa shape index (κ3) is 3.42. The van der Waals surface area contributed by atoms with Crippen molar-refractivity contribution in [2.45, 2.75) is 6.92 Å². The molecule has 1 aromatic heterocycles. The number of aromatic nitrogens is 1. The molecule has 3 N–H and O–H groups in total. The Labute approximate surface area is 123 Å². The fourth-order valence-corrected chi connectivity index (χ4v) is 1.86. The van der Waals surface area contributed by atoms with E-state index in [1.54, 1.807) is 12.1 Å². The number of ether oxygens (including phenoxy) is 1. The van der Waals surface area contributed by atoms with Gasteiger partial charge < -0.3 is 20.6 Å². The Morgan fingerprint density at radius 1 is 1.29 bits per heavy atom. The molecule has 2 aromatic rings. The van der Waals surface area contributed by atoms with Crippen molar-refractivity contribution in [3.63, 3.8) is 0 Å². The molecule has 0 spiro atoms. The molecule has 1 heterocycles. The Bertz CT molecular complexity index is 626. The first kappa shape index (κ1) is 14.6. The summed E-state index contributed by atoms with van der Waals surface area (Å²) in [6.45, 7) is 2.50. The monoisotopic (exact) mass is 286 g/mol. The molecule has 2 rings (SSSR count). The summed E-state index contributed by atoms with van der Waals surface area (Å²) in [5.74, 6) is 1.45. The molecule has 0 saturated carbocycles. The maximum atomic E-state index is 8.65. The predicted molar refractivity (Wildman–Crippen MR) is 82.4 cm³/mol. The standard InChI is InChI=1S/C15H18N4O2/c1-3-21-14-6-4-5-13(17-14)19(2)12-9-7-11(8-10-12)15(16)18-20/h4-10,20H,3H2,1-2H3,(H2,16,18). The van der Waals surface area contributed by atoms with Crippen LogP contribution in [-0.4, -0.2) is 29.7 Å². The SMILES string of the molecule is CCOc1cccc(N(C)c2ccc(C(N)=NO)cc2)n1. The number of hydrogen-bond donors (Lipinski definition) is 2. The molecule has 0 fully saturated rings. The molecule has 0 radical (unpaired) electrons. The maximum Gasteiger partial charge on any atom is 0.215 e. The first-order valence-corrected chi connectivity index (χ1v) is 6.57. The van der Waals surface area contributed by atoms with Gasteiger partial charge in [0.2, 0.25) is 5.88 Å². The van der Waals surface area contributed by atoms with Crippen LogP contribution in [0.1, 0.15) is 12.5 Å². The number of benzene rings is 1. The van der Waals surface area contributed by atoms with E-state index in [-0.39, 0.29) is 5.84 Å². The molecule has 6 heteroatoms. The van der Waals surface area contributed by atoms with Crippen LogP contribution in [0.2, 0.25) is 0 Å². The highest BCUT2D eigenvalue weighted by Gasteiger charge is 2.07. The van der Waals surface area contributed by atoms with Gasteiger partial charge in [-0.25, -0.2) is 0 Å². The van der Waals surface area contributed by atoms with Gasteiger partial charge in [0.25, 0.3) is 0 Å². The van der Waals surface area contributed by atoms with Gasteiger partial charge in [-0.1, -0.05) is 11.2 Å². The van der Waals surface area contributed by atoms with Crippen LogP contribution in [0.25, 0.3) is 0 Å². The number of pyridine rings is 1. The number of anilines is 2. The zero-order valence-electron chi connectivity index (χ0n) is 12.0. The molecule has 110 valence electrons. The minimum absolute atomic E-state index is 0.0840. The third-order valence-electron chi connectivity index (χ3n) is 3.00.